The van der Waals surface area contributed by atoms with Crippen molar-refractivity contribution in [3.63, 3.8) is 0 Å². The lowest BCUT2D eigenvalue weighted by Gasteiger charge is -2.24. The molecule has 0 aromatic heterocycles. The molecule has 0 saturated heterocycles. The Morgan fingerprint density at radius 1 is 1.07 bits per heavy atom. The predicted molar refractivity (Wildman–Crippen MR) is 108 cm³/mol. The third kappa shape index (κ3) is 5.27. The number of nitrogens with zero attached hydrogens (tertiary/aromatic N) is 1. The number of hydrazine groups is 1. The second-order valence-corrected chi connectivity index (χ2v) is 5.96. The monoisotopic (exact) mass is 386 g/mol. The number of hydrogen-bond acceptors (Lipinski definition) is 6. The fourth-order valence-electron chi connectivity index (χ4n) is 2.50. The van der Waals surface area contributed by atoms with Gasteiger partial charge in [-0.15, -0.1) is 0 Å². The van der Waals surface area contributed by atoms with E-state index < -0.39 is 11.8 Å². The average Bonchev–Trinajstić information content (AvgIpc) is 2.67. The van der Waals surface area contributed by atoms with Gasteiger partial charge >= 0.3 is 5.97 Å². The van der Waals surface area contributed by atoms with Crippen molar-refractivity contribution in [3.8, 4) is 5.75 Å². The van der Waals surface area contributed by atoms with Crippen LogP contribution in [0.2, 0.25) is 0 Å². The van der Waals surface area contributed by atoms with E-state index in [2.05, 4.69) is 18.2 Å². The fourth-order valence-corrected chi connectivity index (χ4v) is 2.86. The SMILES string of the molecule is CCOc1ccc(NN(S)C(CC)=C(C(=O)O)C(=O)c2ccccc2)cc1. The number of ketones is 1. The zero-order valence-corrected chi connectivity index (χ0v) is 16.1. The molecule has 0 radical (unpaired) electrons. The van der Waals surface area contributed by atoms with Crippen molar-refractivity contribution in [2.24, 2.45) is 0 Å². The maximum atomic E-state index is 12.7. The maximum Gasteiger partial charge on any atom is 0.341 e. The number of benzene rings is 2. The Morgan fingerprint density at radius 3 is 2.22 bits per heavy atom. The molecule has 0 atom stereocenters. The van der Waals surface area contributed by atoms with Crippen LogP contribution in [0, 0.1) is 0 Å². The summed E-state index contributed by atoms with van der Waals surface area (Å²) >= 11 is 4.34. The number of aliphatic carboxylic acids is 1. The minimum absolute atomic E-state index is 0.258. The van der Waals surface area contributed by atoms with Crippen molar-refractivity contribution in [1.29, 1.82) is 0 Å². The van der Waals surface area contributed by atoms with Gasteiger partial charge in [-0.25, -0.2) is 9.21 Å². The summed E-state index contributed by atoms with van der Waals surface area (Å²) in [6.45, 7) is 4.23. The van der Waals surface area contributed by atoms with Crippen LogP contribution in [0.4, 0.5) is 5.69 Å². The average molecular weight is 386 g/mol. The van der Waals surface area contributed by atoms with Gasteiger partial charge in [0.15, 0.2) is 0 Å². The molecule has 2 aromatic carbocycles. The summed E-state index contributed by atoms with van der Waals surface area (Å²) < 4.78 is 6.66. The lowest BCUT2D eigenvalue weighted by atomic mass is 10.0. The van der Waals surface area contributed by atoms with Gasteiger partial charge in [0.1, 0.15) is 11.3 Å². The number of ether oxygens (including phenoxy) is 1. The topological polar surface area (TPSA) is 78.9 Å². The minimum atomic E-state index is -1.30. The molecule has 6 nitrogen and oxygen atoms in total. The Hall–Kier alpha value is -2.93. The summed E-state index contributed by atoms with van der Waals surface area (Å²) in [5, 5.41) is 9.63. The number of carbonyl (C=O) groups is 2. The quantitative estimate of drug-likeness (QED) is 0.150. The van der Waals surface area contributed by atoms with Gasteiger partial charge in [0.25, 0.3) is 0 Å². The van der Waals surface area contributed by atoms with Crippen molar-refractivity contribution in [2.45, 2.75) is 20.3 Å². The summed E-state index contributed by atoms with van der Waals surface area (Å²) in [4.78, 5) is 24.5. The minimum Gasteiger partial charge on any atom is -0.494 e. The first kappa shape index (κ1) is 20.4. The van der Waals surface area contributed by atoms with E-state index in [1.54, 1.807) is 61.5 Å². The van der Waals surface area contributed by atoms with E-state index >= 15 is 0 Å². The molecule has 0 aliphatic rings. The first-order chi connectivity index (χ1) is 13.0. The molecule has 0 aliphatic carbocycles. The molecule has 0 fully saturated rings. The van der Waals surface area contributed by atoms with Gasteiger partial charge in [-0.1, -0.05) is 37.3 Å². The van der Waals surface area contributed by atoms with Gasteiger partial charge in [-0.05, 0) is 50.4 Å². The van der Waals surface area contributed by atoms with E-state index in [0.717, 1.165) is 5.75 Å². The van der Waals surface area contributed by atoms with Crippen LogP contribution in [0.5, 0.6) is 5.75 Å². The molecule has 27 heavy (non-hydrogen) atoms. The molecule has 0 unspecified atom stereocenters. The molecule has 2 aromatic rings. The van der Waals surface area contributed by atoms with Crippen LogP contribution in [0.3, 0.4) is 0 Å². The van der Waals surface area contributed by atoms with Gasteiger partial charge in [-0.3, -0.25) is 10.2 Å². The predicted octanol–water partition coefficient (Wildman–Crippen LogP) is 4.19. The zero-order valence-electron chi connectivity index (χ0n) is 15.2. The number of nitrogens with one attached hydrogen (secondary N) is 1. The largest absolute Gasteiger partial charge is 0.494 e. The Labute approximate surface area is 164 Å². The molecule has 7 heteroatoms. The standard InChI is InChI=1S/C20H22N2O4S/c1-3-17(18(20(24)25)19(23)14-8-6-5-7-9-14)22(27)21-15-10-12-16(13-11-15)26-4-2/h5-13,21,27H,3-4H2,1-2H3,(H,24,25). The zero-order chi connectivity index (χ0) is 19.8. The number of hydrogen-bond donors (Lipinski definition) is 3. The van der Waals surface area contributed by atoms with Gasteiger partial charge < -0.3 is 9.84 Å². The second-order valence-electron chi connectivity index (χ2n) is 5.56. The van der Waals surface area contributed by atoms with E-state index in [0.29, 0.717) is 24.3 Å². The highest BCUT2D eigenvalue weighted by Crippen LogP contribution is 2.23. The van der Waals surface area contributed by atoms with Crippen LogP contribution in [-0.2, 0) is 4.79 Å². The third-order valence-electron chi connectivity index (χ3n) is 3.76. The first-order valence-electron chi connectivity index (χ1n) is 8.52. The molecule has 0 bridgehead atoms. The van der Waals surface area contributed by atoms with E-state index in [9.17, 15) is 14.7 Å². The van der Waals surface area contributed by atoms with Gasteiger partial charge in [-0.2, -0.15) is 0 Å². The molecule has 142 valence electrons. The maximum absolute atomic E-state index is 12.7. The fraction of sp³-hybridized carbons (Fsp3) is 0.200. The molecule has 0 aliphatic heterocycles. The third-order valence-corrected chi connectivity index (χ3v) is 4.10. The number of thiol groups is 1. The summed E-state index contributed by atoms with van der Waals surface area (Å²) in [5.74, 6) is -1.13. The van der Waals surface area contributed by atoms with Crippen LogP contribution < -0.4 is 10.2 Å². The Morgan fingerprint density at radius 2 is 1.70 bits per heavy atom. The van der Waals surface area contributed by atoms with Crippen molar-refractivity contribution >= 4 is 30.3 Å². The van der Waals surface area contributed by atoms with Crippen LogP contribution in [0.25, 0.3) is 0 Å². The molecule has 0 spiro atoms. The van der Waals surface area contributed by atoms with Crippen LogP contribution >= 0.6 is 12.8 Å². The van der Waals surface area contributed by atoms with E-state index in [4.69, 9.17) is 4.74 Å². The number of rotatable bonds is 9. The van der Waals surface area contributed by atoms with Gasteiger partial charge in [0.05, 0.1) is 18.0 Å². The van der Waals surface area contributed by atoms with Crippen molar-refractivity contribution in [1.82, 2.24) is 4.41 Å². The molecule has 0 saturated carbocycles. The van der Waals surface area contributed by atoms with Gasteiger partial charge in [0, 0.05) is 5.56 Å². The summed E-state index contributed by atoms with van der Waals surface area (Å²) in [6, 6.07) is 15.4. The normalized spacial score (nSPS) is 11.4. The molecule has 2 rings (SSSR count). The Kier molecular flexibility index (Phi) is 7.31. The van der Waals surface area contributed by atoms with Crippen molar-refractivity contribution in [3.05, 3.63) is 71.4 Å². The lowest BCUT2D eigenvalue weighted by Crippen LogP contribution is -2.26. The first-order valence-corrected chi connectivity index (χ1v) is 8.92. The van der Waals surface area contributed by atoms with Gasteiger partial charge in [0.2, 0.25) is 5.78 Å². The van der Waals surface area contributed by atoms with E-state index in [1.165, 1.54) is 4.41 Å². The number of carboxylic acids is 1. The number of allylic oxidation sites excluding steroid dienone is 1. The Balaban J connectivity index is 2.31. The molecular weight excluding hydrogens is 364 g/mol. The van der Waals surface area contributed by atoms with Crippen LogP contribution in [0.15, 0.2) is 65.9 Å². The summed E-state index contributed by atoms with van der Waals surface area (Å²) in [7, 11) is 0. The smallest absolute Gasteiger partial charge is 0.341 e. The molecule has 2 N–H and O–H groups in total. The second kappa shape index (κ2) is 9.68. The number of Topliss-reactive ketones (excluding diaryl/α,β-unsaturated/α-hetero) is 1. The number of carbonyl (C=O) groups excluding carboxylic acids is 1. The van der Waals surface area contributed by atoms with Crippen LogP contribution in [0.1, 0.15) is 30.6 Å². The highest BCUT2D eigenvalue weighted by Gasteiger charge is 2.25. The summed E-state index contributed by atoms with van der Waals surface area (Å²) in [6.07, 6.45) is 0.299. The van der Waals surface area contributed by atoms with Crippen molar-refractivity contribution < 1.29 is 19.4 Å². The highest BCUT2D eigenvalue weighted by atomic mass is 32.1. The Bertz CT molecular complexity index is 820. The van der Waals surface area contributed by atoms with Crippen molar-refractivity contribution in [2.75, 3.05) is 12.0 Å². The number of carboxylic acid groups (broad SMARTS) is 1. The summed E-state index contributed by atoms with van der Waals surface area (Å²) in [5.41, 5.74) is 3.89. The van der Waals surface area contributed by atoms with Crippen LogP contribution in [-0.4, -0.2) is 27.9 Å². The van der Waals surface area contributed by atoms with E-state index in [1.807, 2.05) is 6.92 Å². The molecule has 0 amide bonds. The number of anilines is 1. The molecular formula is C20H22N2O4S. The highest BCUT2D eigenvalue weighted by molar-refractivity contribution is 7.77. The van der Waals surface area contributed by atoms with E-state index in [-0.39, 0.29) is 11.3 Å². The lowest BCUT2D eigenvalue weighted by molar-refractivity contribution is -0.132. The molecule has 0 heterocycles.